The van der Waals surface area contributed by atoms with Crippen LogP contribution in [0.5, 0.6) is 0 Å². The molecule has 1 saturated carbocycles. The molecular weight excluding hydrogens is 234 g/mol. The van der Waals surface area contributed by atoms with Gasteiger partial charge in [0.05, 0.1) is 0 Å². The molecule has 1 aliphatic carbocycles. The normalized spacial score (nSPS) is 23.5. The van der Waals surface area contributed by atoms with E-state index in [4.69, 9.17) is 5.73 Å². The van der Waals surface area contributed by atoms with Crippen LogP contribution < -0.4 is 5.73 Å². The highest BCUT2D eigenvalue weighted by Crippen LogP contribution is 2.29. The number of rotatable bonds is 4. The molecule has 19 heavy (non-hydrogen) atoms. The van der Waals surface area contributed by atoms with Crippen LogP contribution in [-0.2, 0) is 0 Å². The lowest BCUT2D eigenvalue weighted by molar-refractivity contribution is 0.0938. The lowest BCUT2D eigenvalue weighted by atomic mass is 10.0. The predicted molar refractivity (Wildman–Crippen MR) is 79.1 cm³/mol. The standard InChI is InChI=1S/C16H25N3/c1-13-3-2-4-14(11-13)16(12-17)19-9-7-18(8-10-19)15-5-6-15/h2-4,11,15-16H,5-10,12,17H2,1H3. The predicted octanol–water partition coefficient (Wildman–Crippen LogP) is 1.77. The summed E-state index contributed by atoms with van der Waals surface area (Å²) in [7, 11) is 0. The summed E-state index contributed by atoms with van der Waals surface area (Å²) in [5.41, 5.74) is 8.74. The van der Waals surface area contributed by atoms with E-state index in [9.17, 15) is 0 Å². The molecule has 3 heteroatoms. The van der Waals surface area contributed by atoms with Gasteiger partial charge in [-0.1, -0.05) is 29.8 Å². The molecular formula is C16H25N3. The molecule has 104 valence electrons. The van der Waals surface area contributed by atoms with E-state index in [1.807, 2.05) is 0 Å². The number of hydrogen-bond acceptors (Lipinski definition) is 3. The van der Waals surface area contributed by atoms with Gasteiger partial charge in [0.1, 0.15) is 0 Å². The fourth-order valence-electron chi connectivity index (χ4n) is 3.23. The van der Waals surface area contributed by atoms with Crippen molar-refractivity contribution in [2.24, 2.45) is 5.73 Å². The minimum atomic E-state index is 0.390. The number of hydrogen-bond donors (Lipinski definition) is 1. The highest BCUT2D eigenvalue weighted by molar-refractivity contribution is 5.25. The average molecular weight is 259 g/mol. The van der Waals surface area contributed by atoms with E-state index in [1.165, 1.54) is 37.1 Å². The number of nitrogens with zero attached hydrogens (tertiary/aromatic N) is 2. The molecule has 1 heterocycles. The zero-order valence-corrected chi connectivity index (χ0v) is 11.9. The summed E-state index contributed by atoms with van der Waals surface area (Å²) in [5.74, 6) is 0. The van der Waals surface area contributed by atoms with Gasteiger partial charge in [0.2, 0.25) is 0 Å². The van der Waals surface area contributed by atoms with Crippen molar-refractivity contribution in [3.05, 3.63) is 35.4 Å². The summed E-state index contributed by atoms with van der Waals surface area (Å²) in [6.45, 7) is 7.62. The Hall–Kier alpha value is -0.900. The molecule has 0 aromatic heterocycles. The van der Waals surface area contributed by atoms with Crippen molar-refractivity contribution in [3.63, 3.8) is 0 Å². The summed E-state index contributed by atoms with van der Waals surface area (Å²) < 4.78 is 0. The summed E-state index contributed by atoms with van der Waals surface area (Å²) in [4.78, 5) is 5.22. The zero-order valence-electron chi connectivity index (χ0n) is 11.9. The van der Waals surface area contributed by atoms with Crippen LogP contribution in [0.25, 0.3) is 0 Å². The van der Waals surface area contributed by atoms with Crippen molar-refractivity contribution in [2.75, 3.05) is 32.7 Å². The molecule has 0 spiro atoms. The average Bonchev–Trinajstić information content (AvgIpc) is 3.25. The Morgan fingerprint density at radius 1 is 1.21 bits per heavy atom. The first-order chi connectivity index (χ1) is 9.28. The second-order valence-corrected chi connectivity index (χ2v) is 5.97. The van der Waals surface area contributed by atoms with Crippen molar-refractivity contribution in [2.45, 2.75) is 31.8 Å². The zero-order chi connectivity index (χ0) is 13.2. The molecule has 1 aliphatic heterocycles. The first-order valence-electron chi connectivity index (χ1n) is 7.52. The van der Waals surface area contributed by atoms with Crippen LogP contribution in [0, 0.1) is 6.92 Å². The maximum atomic E-state index is 6.04. The van der Waals surface area contributed by atoms with Crippen LogP contribution in [0.15, 0.2) is 24.3 Å². The largest absolute Gasteiger partial charge is 0.329 e. The Bertz CT molecular complexity index is 420. The number of piperazine rings is 1. The van der Waals surface area contributed by atoms with E-state index in [-0.39, 0.29) is 0 Å². The van der Waals surface area contributed by atoms with Gasteiger partial charge in [0.15, 0.2) is 0 Å². The van der Waals surface area contributed by atoms with Gasteiger partial charge in [-0.2, -0.15) is 0 Å². The third kappa shape index (κ3) is 2.99. The quantitative estimate of drug-likeness (QED) is 0.894. The molecule has 2 fully saturated rings. The third-order valence-electron chi connectivity index (χ3n) is 4.50. The summed E-state index contributed by atoms with van der Waals surface area (Å²) in [6, 6.07) is 10.1. The van der Waals surface area contributed by atoms with Crippen LogP contribution in [0.3, 0.4) is 0 Å². The molecule has 0 amide bonds. The second kappa shape index (κ2) is 5.61. The summed E-state index contributed by atoms with van der Waals surface area (Å²) in [5, 5.41) is 0. The van der Waals surface area contributed by atoms with Gasteiger partial charge in [-0.15, -0.1) is 0 Å². The Morgan fingerprint density at radius 2 is 1.95 bits per heavy atom. The second-order valence-electron chi connectivity index (χ2n) is 5.97. The number of aryl methyl sites for hydroxylation is 1. The first kappa shape index (κ1) is 13.1. The Kier molecular flexibility index (Phi) is 3.87. The van der Waals surface area contributed by atoms with Crippen molar-refractivity contribution in [1.82, 2.24) is 9.80 Å². The van der Waals surface area contributed by atoms with Crippen molar-refractivity contribution in [3.8, 4) is 0 Å². The van der Waals surface area contributed by atoms with Gasteiger partial charge in [0.25, 0.3) is 0 Å². The molecule has 1 saturated heterocycles. The molecule has 1 atom stereocenters. The van der Waals surface area contributed by atoms with E-state index in [2.05, 4.69) is 41.0 Å². The smallest absolute Gasteiger partial charge is 0.0471 e. The molecule has 1 aromatic rings. The molecule has 2 N–H and O–H groups in total. The molecule has 0 bridgehead atoms. The highest BCUT2D eigenvalue weighted by Gasteiger charge is 2.32. The minimum absolute atomic E-state index is 0.390. The van der Waals surface area contributed by atoms with Gasteiger partial charge in [-0.05, 0) is 25.3 Å². The third-order valence-corrected chi connectivity index (χ3v) is 4.50. The van der Waals surface area contributed by atoms with Gasteiger partial charge in [-0.25, -0.2) is 0 Å². The maximum absolute atomic E-state index is 6.04. The number of nitrogens with two attached hydrogens (primary N) is 1. The van der Waals surface area contributed by atoms with Crippen LogP contribution >= 0.6 is 0 Å². The molecule has 2 aliphatic rings. The van der Waals surface area contributed by atoms with Crippen LogP contribution in [-0.4, -0.2) is 48.6 Å². The van der Waals surface area contributed by atoms with Gasteiger partial charge < -0.3 is 5.73 Å². The topological polar surface area (TPSA) is 32.5 Å². The lowest BCUT2D eigenvalue weighted by Crippen LogP contribution is -2.49. The Morgan fingerprint density at radius 3 is 2.53 bits per heavy atom. The van der Waals surface area contributed by atoms with Crippen LogP contribution in [0.2, 0.25) is 0 Å². The maximum Gasteiger partial charge on any atom is 0.0471 e. The van der Waals surface area contributed by atoms with Crippen molar-refractivity contribution in [1.29, 1.82) is 0 Å². The van der Waals surface area contributed by atoms with Gasteiger partial charge >= 0.3 is 0 Å². The SMILES string of the molecule is Cc1cccc(C(CN)N2CCN(C3CC3)CC2)c1. The summed E-state index contributed by atoms with van der Waals surface area (Å²) >= 11 is 0. The van der Waals surface area contributed by atoms with Crippen LogP contribution in [0.1, 0.15) is 30.0 Å². The fraction of sp³-hybridized carbons (Fsp3) is 0.625. The Labute approximate surface area is 116 Å². The fourth-order valence-corrected chi connectivity index (χ4v) is 3.23. The lowest BCUT2D eigenvalue weighted by Gasteiger charge is -2.39. The van der Waals surface area contributed by atoms with E-state index < -0.39 is 0 Å². The number of benzene rings is 1. The molecule has 3 nitrogen and oxygen atoms in total. The summed E-state index contributed by atoms with van der Waals surface area (Å²) in [6.07, 6.45) is 2.83. The van der Waals surface area contributed by atoms with E-state index in [1.54, 1.807) is 0 Å². The first-order valence-corrected chi connectivity index (χ1v) is 7.52. The van der Waals surface area contributed by atoms with Gasteiger partial charge in [0, 0.05) is 44.8 Å². The minimum Gasteiger partial charge on any atom is -0.329 e. The van der Waals surface area contributed by atoms with Crippen molar-refractivity contribution >= 4 is 0 Å². The van der Waals surface area contributed by atoms with E-state index >= 15 is 0 Å². The molecule has 0 radical (unpaired) electrons. The molecule has 3 rings (SSSR count). The van der Waals surface area contributed by atoms with E-state index in [0.717, 1.165) is 19.1 Å². The highest BCUT2D eigenvalue weighted by atomic mass is 15.3. The molecule has 1 aromatic carbocycles. The van der Waals surface area contributed by atoms with Crippen molar-refractivity contribution < 1.29 is 0 Å². The monoisotopic (exact) mass is 259 g/mol. The van der Waals surface area contributed by atoms with E-state index in [0.29, 0.717) is 12.6 Å². The Balaban J connectivity index is 1.65. The van der Waals surface area contributed by atoms with Crippen LogP contribution in [0.4, 0.5) is 0 Å². The van der Waals surface area contributed by atoms with Gasteiger partial charge in [-0.3, -0.25) is 9.80 Å². The molecule has 1 unspecified atom stereocenters.